The molecular formula is C13H16N2O5. The number of nitro benzene ring substituents is 1. The number of benzene rings is 1. The van der Waals surface area contributed by atoms with E-state index in [1.165, 1.54) is 12.1 Å². The van der Waals surface area contributed by atoms with Crippen molar-refractivity contribution in [2.45, 2.75) is 26.3 Å². The molecule has 1 atom stereocenters. The van der Waals surface area contributed by atoms with Crippen molar-refractivity contribution in [3.05, 3.63) is 33.9 Å². The largest absolute Gasteiger partial charge is 0.483 e. The van der Waals surface area contributed by atoms with Crippen LogP contribution in [0.25, 0.3) is 0 Å². The fourth-order valence-corrected chi connectivity index (χ4v) is 1.43. The summed E-state index contributed by atoms with van der Waals surface area (Å²) < 4.78 is 5.20. The van der Waals surface area contributed by atoms with Gasteiger partial charge in [0.15, 0.2) is 12.9 Å². The van der Waals surface area contributed by atoms with E-state index < -0.39 is 4.92 Å². The minimum absolute atomic E-state index is 0.0357. The molecule has 7 heteroatoms. The lowest BCUT2D eigenvalue weighted by atomic mass is 10.2. The lowest BCUT2D eigenvalue weighted by Crippen LogP contribution is -2.35. The molecule has 0 unspecified atom stereocenters. The molecule has 108 valence electrons. The predicted molar refractivity (Wildman–Crippen MR) is 71.9 cm³/mol. The van der Waals surface area contributed by atoms with Gasteiger partial charge in [-0.25, -0.2) is 0 Å². The van der Waals surface area contributed by atoms with Crippen molar-refractivity contribution >= 4 is 17.9 Å². The molecule has 1 aromatic rings. The summed E-state index contributed by atoms with van der Waals surface area (Å²) in [5.74, 6) is -0.167. The number of nitro groups is 1. The number of amides is 1. The Labute approximate surface area is 116 Å². The summed E-state index contributed by atoms with van der Waals surface area (Å²) in [5, 5.41) is 13.3. The van der Waals surface area contributed by atoms with Crippen molar-refractivity contribution in [3.63, 3.8) is 0 Å². The maximum Gasteiger partial charge on any atom is 0.270 e. The average molecular weight is 280 g/mol. The summed E-state index contributed by atoms with van der Waals surface area (Å²) in [6.45, 7) is 3.55. The molecule has 0 heterocycles. The molecule has 0 bridgehead atoms. The minimum atomic E-state index is -0.605. The van der Waals surface area contributed by atoms with Crippen molar-refractivity contribution in [1.29, 1.82) is 0 Å². The average Bonchev–Trinajstić information content (AvgIpc) is 2.44. The Morgan fingerprint density at radius 1 is 1.55 bits per heavy atom. The first kappa shape index (κ1) is 15.6. The zero-order valence-electron chi connectivity index (χ0n) is 11.3. The first-order valence-corrected chi connectivity index (χ1v) is 6.13. The van der Waals surface area contributed by atoms with Crippen molar-refractivity contribution in [3.8, 4) is 5.75 Å². The van der Waals surface area contributed by atoms with Gasteiger partial charge in [-0.05, 0) is 19.4 Å². The topological polar surface area (TPSA) is 98.5 Å². The van der Waals surface area contributed by atoms with Gasteiger partial charge in [0, 0.05) is 18.2 Å². The molecule has 0 saturated heterocycles. The number of non-ortho nitro benzene ring substituents is 1. The normalized spacial score (nSPS) is 11.5. The Bertz CT molecular complexity index is 515. The van der Waals surface area contributed by atoms with Gasteiger partial charge in [-0.15, -0.1) is 0 Å². The van der Waals surface area contributed by atoms with Gasteiger partial charge in [-0.2, -0.15) is 0 Å². The summed E-state index contributed by atoms with van der Waals surface area (Å²) in [5.41, 5.74) is -0.168. The summed E-state index contributed by atoms with van der Waals surface area (Å²) >= 11 is 0. The van der Waals surface area contributed by atoms with Gasteiger partial charge in [-0.1, -0.05) is 6.92 Å². The molecule has 1 aromatic carbocycles. The van der Waals surface area contributed by atoms with Crippen LogP contribution < -0.4 is 10.1 Å². The van der Waals surface area contributed by atoms with Crippen LogP contribution in [0.1, 0.15) is 30.6 Å². The van der Waals surface area contributed by atoms with E-state index in [0.29, 0.717) is 6.29 Å². The van der Waals surface area contributed by atoms with Gasteiger partial charge in [0.1, 0.15) is 5.75 Å². The monoisotopic (exact) mass is 280 g/mol. The standard InChI is InChI=1S/C13H16N2O5/c1-3-9(2)14-13(17)8-20-12-5-4-11(15(18)19)6-10(12)7-16/h4-7,9H,3,8H2,1-2H3,(H,14,17)/t9-/m0/s1. The lowest BCUT2D eigenvalue weighted by molar-refractivity contribution is -0.384. The molecule has 1 N–H and O–H groups in total. The molecule has 7 nitrogen and oxygen atoms in total. The van der Waals surface area contributed by atoms with Crippen LogP contribution in [0.5, 0.6) is 5.75 Å². The fourth-order valence-electron chi connectivity index (χ4n) is 1.43. The van der Waals surface area contributed by atoms with Gasteiger partial charge < -0.3 is 10.1 Å². The van der Waals surface area contributed by atoms with E-state index in [0.717, 1.165) is 12.5 Å². The number of aldehydes is 1. The molecule has 1 rings (SSSR count). The number of nitrogens with zero attached hydrogens (tertiary/aromatic N) is 1. The van der Waals surface area contributed by atoms with Gasteiger partial charge in [-0.3, -0.25) is 19.7 Å². The van der Waals surface area contributed by atoms with Crippen LogP contribution in [-0.2, 0) is 4.79 Å². The first-order chi connectivity index (χ1) is 9.47. The molecule has 1 amide bonds. The van der Waals surface area contributed by atoms with Crippen molar-refractivity contribution < 1.29 is 19.2 Å². The molecule has 0 fully saturated rings. The molecule has 0 spiro atoms. The summed E-state index contributed by atoms with van der Waals surface area (Å²) in [4.78, 5) is 32.4. The van der Waals surface area contributed by atoms with E-state index >= 15 is 0 Å². The van der Waals surface area contributed by atoms with E-state index in [4.69, 9.17) is 4.74 Å². The number of carbonyl (C=O) groups is 2. The number of ether oxygens (including phenoxy) is 1. The molecule has 0 aromatic heterocycles. The maximum atomic E-state index is 11.5. The molecular weight excluding hydrogens is 264 g/mol. The third kappa shape index (κ3) is 4.34. The van der Waals surface area contributed by atoms with Crippen LogP contribution in [0.2, 0.25) is 0 Å². The molecule has 0 saturated carbocycles. The molecule has 20 heavy (non-hydrogen) atoms. The van der Waals surface area contributed by atoms with E-state index in [2.05, 4.69) is 5.32 Å². The second-order valence-electron chi connectivity index (χ2n) is 4.26. The highest BCUT2D eigenvalue weighted by atomic mass is 16.6. The maximum absolute atomic E-state index is 11.5. The van der Waals surface area contributed by atoms with Crippen molar-refractivity contribution in [2.24, 2.45) is 0 Å². The van der Waals surface area contributed by atoms with Crippen LogP contribution in [0.3, 0.4) is 0 Å². The second-order valence-corrected chi connectivity index (χ2v) is 4.26. The van der Waals surface area contributed by atoms with E-state index in [-0.39, 0.29) is 35.6 Å². The summed E-state index contributed by atoms with van der Waals surface area (Å²) in [6.07, 6.45) is 1.25. The van der Waals surface area contributed by atoms with Crippen LogP contribution in [0, 0.1) is 10.1 Å². The summed E-state index contributed by atoms with van der Waals surface area (Å²) in [7, 11) is 0. The Balaban J connectivity index is 2.70. The molecule has 0 radical (unpaired) electrons. The lowest BCUT2D eigenvalue weighted by Gasteiger charge is -2.12. The zero-order chi connectivity index (χ0) is 15.1. The molecule has 0 aliphatic heterocycles. The Morgan fingerprint density at radius 3 is 2.80 bits per heavy atom. The fraction of sp³-hybridized carbons (Fsp3) is 0.385. The highest BCUT2D eigenvalue weighted by Crippen LogP contribution is 2.22. The predicted octanol–water partition coefficient (Wildman–Crippen LogP) is 1.70. The van der Waals surface area contributed by atoms with Gasteiger partial charge in [0.05, 0.1) is 10.5 Å². The quantitative estimate of drug-likeness (QED) is 0.465. The zero-order valence-corrected chi connectivity index (χ0v) is 11.3. The summed E-state index contributed by atoms with van der Waals surface area (Å²) in [6, 6.07) is 3.66. The third-order valence-corrected chi connectivity index (χ3v) is 2.71. The minimum Gasteiger partial charge on any atom is -0.483 e. The smallest absolute Gasteiger partial charge is 0.270 e. The number of nitrogens with one attached hydrogen (secondary N) is 1. The van der Waals surface area contributed by atoms with Gasteiger partial charge >= 0.3 is 0 Å². The van der Waals surface area contributed by atoms with Crippen LogP contribution in [0.4, 0.5) is 5.69 Å². The molecule has 0 aliphatic rings. The Hall–Kier alpha value is -2.44. The second kappa shape index (κ2) is 7.22. The van der Waals surface area contributed by atoms with Crippen molar-refractivity contribution in [2.75, 3.05) is 6.61 Å². The Morgan fingerprint density at radius 2 is 2.25 bits per heavy atom. The van der Waals surface area contributed by atoms with Crippen LogP contribution >= 0.6 is 0 Å². The number of hydrogen-bond acceptors (Lipinski definition) is 5. The SMILES string of the molecule is CC[C@H](C)NC(=O)COc1ccc([N+](=O)[O-])cc1C=O. The van der Waals surface area contributed by atoms with E-state index in [1.807, 2.05) is 13.8 Å². The van der Waals surface area contributed by atoms with Gasteiger partial charge in [0.2, 0.25) is 0 Å². The highest BCUT2D eigenvalue weighted by Gasteiger charge is 2.13. The number of hydrogen-bond donors (Lipinski definition) is 1. The van der Waals surface area contributed by atoms with Crippen LogP contribution in [0.15, 0.2) is 18.2 Å². The first-order valence-electron chi connectivity index (χ1n) is 6.13. The third-order valence-electron chi connectivity index (χ3n) is 2.71. The van der Waals surface area contributed by atoms with E-state index in [1.54, 1.807) is 0 Å². The van der Waals surface area contributed by atoms with Crippen molar-refractivity contribution in [1.82, 2.24) is 5.32 Å². The highest BCUT2D eigenvalue weighted by molar-refractivity contribution is 5.82. The number of rotatable bonds is 7. The Kier molecular flexibility index (Phi) is 5.64. The molecule has 0 aliphatic carbocycles. The van der Waals surface area contributed by atoms with Gasteiger partial charge in [0.25, 0.3) is 11.6 Å². The number of carbonyl (C=O) groups excluding carboxylic acids is 2. The van der Waals surface area contributed by atoms with Crippen LogP contribution in [-0.4, -0.2) is 29.8 Å². The van der Waals surface area contributed by atoms with E-state index in [9.17, 15) is 19.7 Å².